The molecule has 1 aliphatic rings. The average Bonchev–Trinajstić information content (AvgIpc) is 2.21. The van der Waals surface area contributed by atoms with Gasteiger partial charge in [-0.2, -0.15) is 5.26 Å². The molecule has 0 fully saturated rings. The highest BCUT2D eigenvalue weighted by Gasteiger charge is 2.23. The van der Waals surface area contributed by atoms with E-state index < -0.39 is 5.82 Å². The lowest BCUT2D eigenvalue weighted by Crippen LogP contribution is -2.28. The fourth-order valence-electron chi connectivity index (χ4n) is 1.75. The van der Waals surface area contributed by atoms with Gasteiger partial charge in [-0.3, -0.25) is 0 Å². The number of pyridine rings is 1. The van der Waals surface area contributed by atoms with Crippen LogP contribution >= 0.6 is 11.6 Å². The molecule has 3 nitrogen and oxygen atoms in total. The smallest absolute Gasteiger partial charge is 0.178 e. The summed E-state index contributed by atoms with van der Waals surface area (Å²) in [4.78, 5) is 5.99. The SMILES string of the molecule is CN1CCc2nc(Cl)c(F)c(C#N)c2C1. The average molecular weight is 226 g/mol. The second-order valence-corrected chi connectivity index (χ2v) is 3.97. The summed E-state index contributed by atoms with van der Waals surface area (Å²) in [5.74, 6) is -0.701. The molecule has 0 radical (unpaired) electrons. The van der Waals surface area contributed by atoms with Crippen molar-refractivity contribution in [1.29, 1.82) is 5.26 Å². The predicted octanol–water partition coefficient (Wildman–Crippen LogP) is 1.73. The van der Waals surface area contributed by atoms with Crippen molar-refractivity contribution >= 4 is 11.6 Å². The van der Waals surface area contributed by atoms with Crippen LogP contribution < -0.4 is 0 Å². The molecule has 1 aliphatic heterocycles. The van der Waals surface area contributed by atoms with Gasteiger partial charge in [-0.1, -0.05) is 11.6 Å². The number of fused-ring (bicyclic) bond motifs is 1. The molecule has 1 aromatic rings. The molecule has 15 heavy (non-hydrogen) atoms. The van der Waals surface area contributed by atoms with E-state index in [1.807, 2.05) is 18.0 Å². The van der Waals surface area contributed by atoms with E-state index in [1.54, 1.807) is 0 Å². The monoisotopic (exact) mass is 225 g/mol. The van der Waals surface area contributed by atoms with Crippen molar-refractivity contribution in [3.8, 4) is 6.07 Å². The van der Waals surface area contributed by atoms with Crippen molar-refractivity contribution < 1.29 is 4.39 Å². The van der Waals surface area contributed by atoms with Crippen LogP contribution in [0.15, 0.2) is 0 Å². The summed E-state index contributed by atoms with van der Waals surface area (Å²) in [5, 5.41) is 8.69. The van der Waals surface area contributed by atoms with E-state index in [0.29, 0.717) is 18.5 Å². The summed E-state index contributed by atoms with van der Waals surface area (Å²) in [6.45, 7) is 1.41. The maximum absolute atomic E-state index is 13.5. The van der Waals surface area contributed by atoms with Crippen molar-refractivity contribution in [3.63, 3.8) is 0 Å². The quantitative estimate of drug-likeness (QED) is 0.632. The van der Waals surface area contributed by atoms with E-state index in [9.17, 15) is 4.39 Å². The Hall–Kier alpha value is -1.18. The van der Waals surface area contributed by atoms with Crippen LogP contribution in [0, 0.1) is 17.1 Å². The third kappa shape index (κ3) is 1.69. The van der Waals surface area contributed by atoms with Gasteiger partial charge in [0.15, 0.2) is 11.0 Å². The standard InChI is InChI=1S/C10H9ClFN3/c1-15-3-2-8-7(5-15)6(4-13)9(12)10(11)14-8/h2-3,5H2,1H3. The highest BCUT2D eigenvalue weighted by atomic mass is 35.5. The van der Waals surface area contributed by atoms with E-state index in [1.165, 1.54) is 0 Å². The molecule has 0 bridgehead atoms. The van der Waals surface area contributed by atoms with Gasteiger partial charge in [0.1, 0.15) is 6.07 Å². The van der Waals surface area contributed by atoms with Crippen LogP contribution in [-0.2, 0) is 13.0 Å². The van der Waals surface area contributed by atoms with E-state index in [-0.39, 0.29) is 10.7 Å². The number of hydrogen-bond acceptors (Lipinski definition) is 3. The highest BCUT2D eigenvalue weighted by molar-refractivity contribution is 6.29. The molecule has 0 saturated heterocycles. The first-order chi connectivity index (χ1) is 7.13. The number of hydrogen-bond donors (Lipinski definition) is 0. The number of likely N-dealkylation sites (N-methyl/N-ethyl adjacent to an activating group) is 1. The molecule has 2 heterocycles. The fraction of sp³-hybridized carbons (Fsp3) is 0.400. The van der Waals surface area contributed by atoms with Crippen LogP contribution in [-0.4, -0.2) is 23.5 Å². The topological polar surface area (TPSA) is 39.9 Å². The minimum absolute atomic E-state index is 0.0385. The molecule has 0 saturated carbocycles. The normalized spacial score (nSPS) is 15.9. The van der Waals surface area contributed by atoms with E-state index >= 15 is 0 Å². The number of nitrogens with zero attached hydrogens (tertiary/aromatic N) is 3. The van der Waals surface area contributed by atoms with Gasteiger partial charge < -0.3 is 4.90 Å². The summed E-state index contributed by atoms with van der Waals surface area (Å²) < 4.78 is 13.5. The first-order valence-electron chi connectivity index (χ1n) is 4.59. The highest BCUT2D eigenvalue weighted by Crippen LogP contribution is 2.26. The van der Waals surface area contributed by atoms with E-state index in [4.69, 9.17) is 16.9 Å². The summed E-state index contributed by atoms with van der Waals surface area (Å²) in [7, 11) is 1.93. The van der Waals surface area contributed by atoms with Crippen molar-refractivity contribution in [2.45, 2.75) is 13.0 Å². The van der Waals surface area contributed by atoms with Crippen LogP contribution in [0.2, 0.25) is 5.15 Å². The fourth-order valence-corrected chi connectivity index (χ4v) is 1.95. The maximum atomic E-state index is 13.5. The Morgan fingerprint density at radius 3 is 3.00 bits per heavy atom. The van der Waals surface area contributed by atoms with Gasteiger partial charge in [-0.25, -0.2) is 9.37 Å². The van der Waals surface area contributed by atoms with Gasteiger partial charge in [-0.15, -0.1) is 0 Å². The zero-order valence-electron chi connectivity index (χ0n) is 8.22. The van der Waals surface area contributed by atoms with Gasteiger partial charge in [0.25, 0.3) is 0 Å². The van der Waals surface area contributed by atoms with Crippen LogP contribution in [0.25, 0.3) is 0 Å². The van der Waals surface area contributed by atoms with Gasteiger partial charge in [0.05, 0.1) is 5.56 Å². The molecule has 0 atom stereocenters. The molecule has 5 heteroatoms. The minimum Gasteiger partial charge on any atom is -0.302 e. The lowest BCUT2D eigenvalue weighted by Gasteiger charge is -2.25. The third-order valence-corrected chi connectivity index (χ3v) is 2.80. The number of aromatic nitrogens is 1. The maximum Gasteiger partial charge on any atom is 0.178 e. The zero-order chi connectivity index (χ0) is 11.0. The molecule has 0 N–H and O–H groups in total. The second-order valence-electron chi connectivity index (χ2n) is 3.62. The van der Waals surface area contributed by atoms with Crippen molar-refractivity contribution in [2.75, 3.05) is 13.6 Å². The lowest BCUT2D eigenvalue weighted by atomic mass is 10.0. The summed E-state index contributed by atoms with van der Waals surface area (Å²) in [5.41, 5.74) is 1.46. The minimum atomic E-state index is -0.701. The predicted molar refractivity (Wildman–Crippen MR) is 54.0 cm³/mol. The zero-order valence-corrected chi connectivity index (χ0v) is 8.97. The van der Waals surface area contributed by atoms with Crippen LogP contribution in [0.4, 0.5) is 4.39 Å². The summed E-state index contributed by atoms with van der Waals surface area (Å²) in [6, 6.07) is 1.86. The molecule has 2 rings (SSSR count). The Bertz CT molecular complexity index is 453. The molecule has 0 aliphatic carbocycles. The Morgan fingerprint density at radius 2 is 2.33 bits per heavy atom. The van der Waals surface area contributed by atoms with Gasteiger partial charge in [0, 0.05) is 30.8 Å². The first-order valence-corrected chi connectivity index (χ1v) is 4.96. The molecular formula is C10H9ClFN3. The Kier molecular flexibility index (Phi) is 2.59. The summed E-state index contributed by atoms with van der Waals surface area (Å²) >= 11 is 5.62. The molecule has 78 valence electrons. The Balaban J connectivity index is 2.63. The Labute approximate surface area is 92.1 Å². The molecule has 0 spiro atoms. The van der Waals surface area contributed by atoms with Gasteiger partial charge >= 0.3 is 0 Å². The number of halogens is 2. The molecule has 1 aromatic heterocycles. The van der Waals surface area contributed by atoms with Gasteiger partial charge in [0.2, 0.25) is 0 Å². The lowest BCUT2D eigenvalue weighted by molar-refractivity contribution is 0.308. The van der Waals surface area contributed by atoms with Gasteiger partial charge in [-0.05, 0) is 7.05 Å². The number of nitriles is 1. The molecule has 0 aromatic carbocycles. The van der Waals surface area contributed by atoms with Crippen molar-refractivity contribution in [2.24, 2.45) is 0 Å². The summed E-state index contributed by atoms with van der Waals surface area (Å²) in [6.07, 6.45) is 0.709. The van der Waals surface area contributed by atoms with Crippen molar-refractivity contribution in [1.82, 2.24) is 9.88 Å². The van der Waals surface area contributed by atoms with E-state index in [2.05, 4.69) is 4.98 Å². The molecular weight excluding hydrogens is 217 g/mol. The van der Waals surface area contributed by atoms with E-state index in [0.717, 1.165) is 12.2 Å². The third-order valence-electron chi connectivity index (χ3n) is 2.55. The van der Waals surface area contributed by atoms with Crippen molar-refractivity contribution in [3.05, 3.63) is 27.8 Å². The number of rotatable bonds is 0. The van der Waals surface area contributed by atoms with Crippen LogP contribution in [0.3, 0.4) is 0 Å². The van der Waals surface area contributed by atoms with Crippen LogP contribution in [0.1, 0.15) is 16.8 Å². The molecule has 0 amide bonds. The van der Waals surface area contributed by atoms with Crippen LogP contribution in [0.5, 0.6) is 0 Å². The largest absolute Gasteiger partial charge is 0.302 e. The Morgan fingerprint density at radius 1 is 1.60 bits per heavy atom. The molecule has 0 unspecified atom stereocenters. The second kappa shape index (κ2) is 3.76. The first kappa shape index (κ1) is 10.3.